The smallest absolute Gasteiger partial charge is 0.341 e. The molecule has 1 heterocycles. The standard InChI is InChI=1S/C45H39N3O7S2/c1-28-18-21-30(22-19-28)35-27-56-44(39(35)45(52)55-4)48-43(51)40(31-12-7-5-8-13-31)57-34-17-11-16-33(26-34)46-42(50)36(47-41(49)32-14-9-6-10-15-32)24-29-20-23-37(53-2)38(25-29)54-3/h5-27,40H,1-4H3,(H,46,50)(H,47,49)(H,48,51)/b36-24+. The first kappa shape index (κ1) is 40.0. The molecular weight excluding hydrogens is 759 g/mol. The number of nitrogens with one attached hydrogen (secondary N) is 3. The molecule has 0 saturated carbocycles. The molecular formula is C45H39N3O7S2. The zero-order valence-corrected chi connectivity index (χ0v) is 33.2. The van der Waals surface area contributed by atoms with Gasteiger partial charge in [0.15, 0.2) is 11.5 Å². The van der Waals surface area contributed by atoms with Gasteiger partial charge in [0.05, 0.1) is 21.3 Å². The largest absolute Gasteiger partial charge is 0.493 e. The van der Waals surface area contributed by atoms with E-state index in [1.54, 1.807) is 72.8 Å². The van der Waals surface area contributed by atoms with Crippen LogP contribution in [0.15, 0.2) is 143 Å². The first-order valence-corrected chi connectivity index (χ1v) is 19.4. The van der Waals surface area contributed by atoms with Gasteiger partial charge in [-0.3, -0.25) is 14.4 Å². The van der Waals surface area contributed by atoms with Crippen molar-refractivity contribution in [1.82, 2.24) is 5.32 Å². The molecule has 0 spiro atoms. The van der Waals surface area contributed by atoms with Gasteiger partial charge in [-0.15, -0.1) is 23.1 Å². The zero-order chi connectivity index (χ0) is 40.3. The third-order valence-corrected chi connectivity index (χ3v) is 10.9. The molecule has 6 rings (SSSR count). The number of aryl methyl sites for hydroxylation is 1. The highest BCUT2D eigenvalue weighted by Crippen LogP contribution is 2.40. The first-order valence-electron chi connectivity index (χ1n) is 17.7. The van der Waals surface area contributed by atoms with E-state index in [2.05, 4.69) is 16.0 Å². The minimum Gasteiger partial charge on any atom is -0.493 e. The molecule has 0 aliphatic carbocycles. The van der Waals surface area contributed by atoms with Gasteiger partial charge in [-0.25, -0.2) is 4.79 Å². The van der Waals surface area contributed by atoms with Crippen LogP contribution in [-0.4, -0.2) is 45.0 Å². The van der Waals surface area contributed by atoms with E-state index in [1.807, 2.05) is 73.0 Å². The third kappa shape index (κ3) is 9.98. The number of methoxy groups -OCH3 is 3. The summed E-state index contributed by atoms with van der Waals surface area (Å²) in [5.41, 5.74) is 4.94. The van der Waals surface area contributed by atoms with Gasteiger partial charge < -0.3 is 30.2 Å². The second-order valence-corrected chi connectivity index (χ2v) is 14.6. The van der Waals surface area contributed by atoms with E-state index < -0.39 is 23.0 Å². The number of hydrogen-bond acceptors (Lipinski definition) is 9. The van der Waals surface area contributed by atoms with E-state index in [-0.39, 0.29) is 17.2 Å². The summed E-state index contributed by atoms with van der Waals surface area (Å²) < 4.78 is 15.9. The highest BCUT2D eigenvalue weighted by molar-refractivity contribution is 8.00. The summed E-state index contributed by atoms with van der Waals surface area (Å²) in [6, 6.07) is 37.8. The summed E-state index contributed by atoms with van der Waals surface area (Å²) in [6.07, 6.45) is 1.55. The molecule has 1 atom stereocenters. The number of carbonyl (C=O) groups is 4. The molecule has 1 aromatic heterocycles. The Morgan fingerprint density at radius 3 is 2.12 bits per heavy atom. The van der Waals surface area contributed by atoms with Gasteiger partial charge in [0, 0.05) is 27.1 Å². The van der Waals surface area contributed by atoms with Crippen molar-refractivity contribution in [1.29, 1.82) is 0 Å². The molecule has 0 aliphatic heterocycles. The Labute approximate surface area is 338 Å². The number of carbonyl (C=O) groups excluding carboxylic acids is 4. The summed E-state index contributed by atoms with van der Waals surface area (Å²) >= 11 is 2.52. The Kier molecular flexibility index (Phi) is 13.2. The molecule has 57 heavy (non-hydrogen) atoms. The van der Waals surface area contributed by atoms with Gasteiger partial charge >= 0.3 is 5.97 Å². The van der Waals surface area contributed by atoms with Crippen LogP contribution in [0.4, 0.5) is 10.7 Å². The zero-order valence-electron chi connectivity index (χ0n) is 31.5. The number of ether oxygens (including phenoxy) is 3. The number of thioether (sulfide) groups is 1. The fourth-order valence-electron chi connectivity index (χ4n) is 5.81. The number of rotatable bonds is 14. The summed E-state index contributed by atoms with van der Waals surface area (Å²) in [4.78, 5) is 55.1. The first-order chi connectivity index (χ1) is 27.7. The predicted octanol–water partition coefficient (Wildman–Crippen LogP) is 9.41. The fourth-order valence-corrected chi connectivity index (χ4v) is 7.86. The fraction of sp³-hybridized carbons (Fsp3) is 0.111. The van der Waals surface area contributed by atoms with Crippen LogP contribution >= 0.6 is 23.1 Å². The number of benzene rings is 5. The molecule has 0 saturated heterocycles. The van der Waals surface area contributed by atoms with Crippen LogP contribution in [0, 0.1) is 6.92 Å². The van der Waals surface area contributed by atoms with Crippen molar-refractivity contribution < 1.29 is 33.4 Å². The van der Waals surface area contributed by atoms with Crippen molar-refractivity contribution in [2.24, 2.45) is 0 Å². The van der Waals surface area contributed by atoms with Crippen LogP contribution in [-0.2, 0) is 14.3 Å². The van der Waals surface area contributed by atoms with Crippen LogP contribution in [0.5, 0.6) is 11.5 Å². The van der Waals surface area contributed by atoms with Gasteiger partial charge in [-0.2, -0.15) is 0 Å². The highest BCUT2D eigenvalue weighted by atomic mass is 32.2. The number of hydrogen-bond donors (Lipinski definition) is 3. The monoisotopic (exact) mass is 797 g/mol. The number of esters is 1. The molecule has 288 valence electrons. The van der Waals surface area contributed by atoms with E-state index in [0.717, 1.165) is 16.7 Å². The summed E-state index contributed by atoms with van der Waals surface area (Å²) in [7, 11) is 4.35. The third-order valence-electron chi connectivity index (χ3n) is 8.71. The van der Waals surface area contributed by atoms with E-state index >= 15 is 0 Å². The van der Waals surface area contributed by atoms with Crippen LogP contribution in [0.3, 0.4) is 0 Å². The summed E-state index contributed by atoms with van der Waals surface area (Å²) in [6.45, 7) is 1.98. The molecule has 3 amide bonds. The van der Waals surface area contributed by atoms with Gasteiger partial charge in [0.25, 0.3) is 11.8 Å². The Morgan fingerprint density at radius 1 is 0.737 bits per heavy atom. The Balaban J connectivity index is 1.27. The molecule has 10 nitrogen and oxygen atoms in total. The molecule has 6 aromatic rings. The second kappa shape index (κ2) is 18.8. The van der Waals surface area contributed by atoms with Crippen LogP contribution < -0.4 is 25.4 Å². The topological polar surface area (TPSA) is 132 Å². The number of anilines is 2. The van der Waals surface area contributed by atoms with E-state index in [4.69, 9.17) is 14.2 Å². The van der Waals surface area contributed by atoms with Crippen molar-refractivity contribution in [2.75, 3.05) is 32.0 Å². The lowest BCUT2D eigenvalue weighted by Gasteiger charge is -2.18. The highest BCUT2D eigenvalue weighted by Gasteiger charge is 2.27. The van der Waals surface area contributed by atoms with Gasteiger partial charge in [0.2, 0.25) is 5.91 Å². The molecule has 0 radical (unpaired) electrons. The molecule has 0 fully saturated rings. The van der Waals surface area contributed by atoms with E-state index in [0.29, 0.717) is 43.8 Å². The maximum Gasteiger partial charge on any atom is 0.341 e. The minimum atomic E-state index is -0.752. The Bertz CT molecular complexity index is 2410. The number of amides is 3. The average Bonchev–Trinajstić information content (AvgIpc) is 3.66. The van der Waals surface area contributed by atoms with Gasteiger partial charge in [-0.05, 0) is 72.2 Å². The van der Waals surface area contributed by atoms with Crippen molar-refractivity contribution in [3.05, 3.63) is 166 Å². The minimum absolute atomic E-state index is 0.0157. The summed E-state index contributed by atoms with van der Waals surface area (Å²) in [5.74, 6) is -0.996. The molecule has 0 aliphatic rings. The maximum absolute atomic E-state index is 14.2. The van der Waals surface area contributed by atoms with E-state index in [9.17, 15) is 19.2 Å². The van der Waals surface area contributed by atoms with Crippen LogP contribution in [0.1, 0.15) is 42.7 Å². The van der Waals surface area contributed by atoms with Crippen molar-refractivity contribution in [3.8, 4) is 22.6 Å². The SMILES string of the molecule is COC(=O)c1c(-c2ccc(C)cc2)csc1NC(=O)C(Sc1cccc(NC(=O)/C(=C\c2ccc(OC)c(OC)c2)NC(=O)c2ccccc2)c1)c1ccccc1. The van der Waals surface area contributed by atoms with E-state index in [1.165, 1.54) is 44.4 Å². The average molecular weight is 798 g/mol. The molecule has 12 heteroatoms. The second-order valence-electron chi connectivity index (χ2n) is 12.6. The predicted molar refractivity (Wildman–Crippen MR) is 226 cm³/mol. The van der Waals surface area contributed by atoms with Crippen LogP contribution in [0.2, 0.25) is 0 Å². The van der Waals surface area contributed by atoms with Gasteiger partial charge in [0.1, 0.15) is 21.5 Å². The normalized spacial score (nSPS) is 11.5. The Morgan fingerprint density at radius 2 is 1.44 bits per heavy atom. The Hall–Kier alpha value is -6.63. The van der Waals surface area contributed by atoms with Gasteiger partial charge in [-0.1, -0.05) is 90.5 Å². The molecule has 3 N–H and O–H groups in total. The van der Waals surface area contributed by atoms with Crippen molar-refractivity contribution in [2.45, 2.75) is 17.1 Å². The maximum atomic E-state index is 14.2. The quantitative estimate of drug-likeness (QED) is 0.0565. The lowest BCUT2D eigenvalue weighted by atomic mass is 10.0. The molecule has 5 aromatic carbocycles. The van der Waals surface area contributed by atoms with Crippen LogP contribution in [0.25, 0.3) is 17.2 Å². The lowest BCUT2D eigenvalue weighted by molar-refractivity contribution is -0.116. The molecule has 0 bridgehead atoms. The lowest BCUT2D eigenvalue weighted by Crippen LogP contribution is -2.30. The number of thiophene rings is 1. The summed E-state index contributed by atoms with van der Waals surface area (Å²) in [5, 5.41) is 10.1. The van der Waals surface area contributed by atoms with Crippen molar-refractivity contribution >= 4 is 63.6 Å². The van der Waals surface area contributed by atoms with Crippen molar-refractivity contribution in [3.63, 3.8) is 0 Å². The molecule has 1 unspecified atom stereocenters.